The number of aryl methyl sites for hydroxylation is 3. The summed E-state index contributed by atoms with van der Waals surface area (Å²) < 4.78 is 0. The Bertz CT molecular complexity index is 542. The van der Waals surface area contributed by atoms with Gasteiger partial charge in [-0.05, 0) is 31.9 Å². The Hall–Kier alpha value is -1.62. The maximum Gasteiger partial charge on any atom is 0.266 e. The molecule has 0 spiro atoms. The summed E-state index contributed by atoms with van der Waals surface area (Å²) in [6.45, 7) is 6.02. The lowest BCUT2D eigenvalue weighted by atomic mass is 10.2. The third kappa shape index (κ3) is 2.55. The number of aromatic amines is 1. The van der Waals surface area contributed by atoms with Crippen molar-refractivity contribution in [3.05, 3.63) is 33.1 Å². The van der Waals surface area contributed by atoms with Crippen molar-refractivity contribution in [3.8, 4) is 0 Å². The minimum Gasteiger partial charge on any atom is -0.304 e. The smallest absolute Gasteiger partial charge is 0.266 e. The van der Waals surface area contributed by atoms with E-state index in [1.807, 2.05) is 19.9 Å². The van der Waals surface area contributed by atoms with E-state index in [1.54, 1.807) is 17.4 Å². The summed E-state index contributed by atoms with van der Waals surface area (Å²) in [4.78, 5) is 13.9. The normalized spacial score (nSPS) is 10.5. The van der Waals surface area contributed by atoms with Crippen LogP contribution in [0.5, 0.6) is 0 Å². The predicted molar refractivity (Wildman–Crippen MR) is 69.7 cm³/mol. The van der Waals surface area contributed by atoms with Gasteiger partial charge in [0.25, 0.3) is 5.91 Å². The Kier molecular flexibility index (Phi) is 3.28. The van der Waals surface area contributed by atoms with Crippen LogP contribution in [-0.2, 0) is 6.42 Å². The van der Waals surface area contributed by atoms with Crippen LogP contribution in [0.1, 0.15) is 32.7 Å². The fourth-order valence-corrected chi connectivity index (χ4v) is 2.65. The Labute approximate surface area is 104 Å². The number of nitrogens with one attached hydrogen (secondary N) is 2. The highest BCUT2D eigenvalue weighted by molar-refractivity contribution is 7.14. The number of nitrogens with zero attached hydrogens (tertiary/aromatic N) is 1. The molecule has 2 N–H and O–H groups in total. The predicted octanol–water partition coefficient (Wildman–Crippen LogP) is 2.90. The molecule has 4 nitrogen and oxygen atoms in total. The molecule has 2 rings (SSSR count). The highest BCUT2D eigenvalue weighted by atomic mass is 32.1. The zero-order chi connectivity index (χ0) is 12.4. The molecule has 1 amide bonds. The maximum atomic E-state index is 12.0. The summed E-state index contributed by atoms with van der Waals surface area (Å²) >= 11 is 1.54. The fraction of sp³-hybridized carbons (Fsp3) is 0.333. The number of anilines is 1. The van der Waals surface area contributed by atoms with Gasteiger partial charge in [0.15, 0.2) is 5.82 Å². The first-order valence-corrected chi connectivity index (χ1v) is 6.34. The SMILES string of the molecule is CCc1sc(C(=O)Nc2cc(C)[nH]n2)cc1C. The minimum atomic E-state index is -0.0932. The van der Waals surface area contributed by atoms with Crippen molar-refractivity contribution in [1.29, 1.82) is 0 Å². The number of amides is 1. The van der Waals surface area contributed by atoms with Gasteiger partial charge in [0.2, 0.25) is 0 Å². The quantitative estimate of drug-likeness (QED) is 0.878. The molecule has 0 atom stereocenters. The molecule has 0 saturated heterocycles. The molecule has 0 aromatic carbocycles. The molecule has 0 aliphatic heterocycles. The number of thiophene rings is 1. The average Bonchev–Trinajstić information content (AvgIpc) is 2.85. The first-order valence-electron chi connectivity index (χ1n) is 5.52. The monoisotopic (exact) mass is 249 g/mol. The molecule has 0 radical (unpaired) electrons. The van der Waals surface area contributed by atoms with Gasteiger partial charge in [0.1, 0.15) is 0 Å². The number of aromatic nitrogens is 2. The first-order chi connectivity index (χ1) is 8.10. The Morgan fingerprint density at radius 3 is 2.76 bits per heavy atom. The molecule has 0 aliphatic carbocycles. The van der Waals surface area contributed by atoms with E-state index in [0.29, 0.717) is 5.82 Å². The molecule has 90 valence electrons. The van der Waals surface area contributed by atoms with Crippen LogP contribution in [0.4, 0.5) is 5.82 Å². The molecule has 2 aromatic heterocycles. The Morgan fingerprint density at radius 2 is 2.24 bits per heavy atom. The molecule has 0 aliphatic rings. The van der Waals surface area contributed by atoms with Crippen LogP contribution in [0.2, 0.25) is 0 Å². The van der Waals surface area contributed by atoms with Crippen molar-refractivity contribution in [2.24, 2.45) is 0 Å². The van der Waals surface area contributed by atoms with Crippen LogP contribution >= 0.6 is 11.3 Å². The molecule has 0 bridgehead atoms. The standard InChI is InChI=1S/C12H15N3OS/c1-4-9-7(2)5-10(17-9)12(16)13-11-6-8(3)14-15-11/h5-6H,4H2,1-3H3,(H2,13,14,15,16). The van der Waals surface area contributed by atoms with Crippen molar-refractivity contribution in [1.82, 2.24) is 10.2 Å². The van der Waals surface area contributed by atoms with E-state index in [-0.39, 0.29) is 5.91 Å². The number of hydrogen-bond donors (Lipinski definition) is 2. The van der Waals surface area contributed by atoms with Gasteiger partial charge in [-0.2, -0.15) is 5.10 Å². The van der Waals surface area contributed by atoms with Crippen molar-refractivity contribution in [3.63, 3.8) is 0 Å². The molecular weight excluding hydrogens is 234 g/mol. The van der Waals surface area contributed by atoms with E-state index in [9.17, 15) is 4.79 Å². The van der Waals surface area contributed by atoms with Gasteiger partial charge < -0.3 is 5.32 Å². The Balaban J connectivity index is 2.14. The summed E-state index contributed by atoms with van der Waals surface area (Å²) in [5.41, 5.74) is 2.11. The lowest BCUT2D eigenvalue weighted by molar-refractivity contribution is 0.103. The van der Waals surface area contributed by atoms with E-state index < -0.39 is 0 Å². The summed E-state index contributed by atoms with van der Waals surface area (Å²) in [5.74, 6) is 0.473. The summed E-state index contributed by atoms with van der Waals surface area (Å²) in [6.07, 6.45) is 0.964. The van der Waals surface area contributed by atoms with E-state index in [0.717, 1.165) is 17.0 Å². The lowest BCUT2D eigenvalue weighted by Crippen LogP contribution is -2.10. The third-order valence-electron chi connectivity index (χ3n) is 2.51. The molecule has 2 aromatic rings. The summed E-state index contributed by atoms with van der Waals surface area (Å²) in [5, 5.41) is 9.54. The molecule has 17 heavy (non-hydrogen) atoms. The van der Waals surface area contributed by atoms with Crippen molar-refractivity contribution < 1.29 is 4.79 Å². The van der Waals surface area contributed by atoms with Crippen LogP contribution in [0, 0.1) is 13.8 Å². The number of H-pyrrole nitrogens is 1. The molecule has 2 heterocycles. The number of rotatable bonds is 3. The second-order valence-electron chi connectivity index (χ2n) is 3.96. The van der Waals surface area contributed by atoms with Crippen LogP contribution in [0.25, 0.3) is 0 Å². The van der Waals surface area contributed by atoms with Crippen molar-refractivity contribution in [2.75, 3.05) is 5.32 Å². The van der Waals surface area contributed by atoms with Gasteiger partial charge in [0.05, 0.1) is 4.88 Å². The first kappa shape index (κ1) is 11.9. The highest BCUT2D eigenvalue weighted by Gasteiger charge is 2.12. The Morgan fingerprint density at radius 1 is 1.47 bits per heavy atom. The van der Waals surface area contributed by atoms with Gasteiger partial charge >= 0.3 is 0 Å². The third-order valence-corrected chi connectivity index (χ3v) is 3.89. The highest BCUT2D eigenvalue weighted by Crippen LogP contribution is 2.23. The van der Waals surface area contributed by atoms with Crippen LogP contribution in [-0.4, -0.2) is 16.1 Å². The van der Waals surface area contributed by atoms with Crippen molar-refractivity contribution >= 4 is 23.1 Å². The van der Waals surface area contributed by atoms with Crippen LogP contribution in [0.15, 0.2) is 12.1 Å². The summed E-state index contributed by atoms with van der Waals surface area (Å²) in [7, 11) is 0. The molecule has 0 saturated carbocycles. The maximum absolute atomic E-state index is 12.0. The fourth-order valence-electron chi connectivity index (χ4n) is 1.64. The van der Waals surface area contributed by atoms with E-state index in [1.165, 1.54) is 10.4 Å². The second kappa shape index (κ2) is 4.71. The zero-order valence-corrected chi connectivity index (χ0v) is 10.9. The van der Waals surface area contributed by atoms with Gasteiger partial charge in [-0.1, -0.05) is 6.92 Å². The largest absolute Gasteiger partial charge is 0.304 e. The van der Waals surface area contributed by atoms with Gasteiger partial charge in [-0.15, -0.1) is 11.3 Å². The minimum absolute atomic E-state index is 0.0932. The second-order valence-corrected chi connectivity index (χ2v) is 5.10. The topological polar surface area (TPSA) is 57.8 Å². The van der Waals surface area contributed by atoms with Crippen LogP contribution in [0.3, 0.4) is 0 Å². The lowest BCUT2D eigenvalue weighted by Gasteiger charge is -1.97. The number of hydrogen-bond acceptors (Lipinski definition) is 3. The van der Waals surface area contributed by atoms with Crippen LogP contribution < -0.4 is 5.32 Å². The van der Waals surface area contributed by atoms with Gasteiger partial charge in [-0.3, -0.25) is 9.89 Å². The zero-order valence-electron chi connectivity index (χ0n) is 10.1. The number of carbonyl (C=O) groups is 1. The van der Waals surface area contributed by atoms with Gasteiger partial charge in [-0.25, -0.2) is 0 Å². The van der Waals surface area contributed by atoms with E-state index >= 15 is 0 Å². The molecule has 5 heteroatoms. The summed E-state index contributed by atoms with van der Waals surface area (Å²) in [6, 6.07) is 3.73. The molecule has 0 fully saturated rings. The number of carbonyl (C=O) groups excluding carboxylic acids is 1. The van der Waals surface area contributed by atoms with E-state index in [2.05, 4.69) is 22.4 Å². The van der Waals surface area contributed by atoms with E-state index in [4.69, 9.17) is 0 Å². The average molecular weight is 249 g/mol. The van der Waals surface area contributed by atoms with Gasteiger partial charge in [0, 0.05) is 16.6 Å². The molecule has 0 unspecified atom stereocenters. The van der Waals surface area contributed by atoms with Crippen molar-refractivity contribution in [2.45, 2.75) is 27.2 Å². The molecular formula is C12H15N3OS.